The van der Waals surface area contributed by atoms with Gasteiger partial charge in [-0.1, -0.05) is 36.9 Å². The van der Waals surface area contributed by atoms with Crippen molar-refractivity contribution >= 4 is 17.0 Å². The number of ether oxygens (including phenoxy) is 1. The summed E-state index contributed by atoms with van der Waals surface area (Å²) in [5.41, 5.74) is 2.20. The van der Waals surface area contributed by atoms with Gasteiger partial charge in [0.25, 0.3) is 5.89 Å². The molecule has 1 aromatic carbocycles. The summed E-state index contributed by atoms with van der Waals surface area (Å²) in [6.45, 7) is 7.29. The summed E-state index contributed by atoms with van der Waals surface area (Å²) in [4.78, 5) is 14.5. The van der Waals surface area contributed by atoms with Crippen molar-refractivity contribution in [3.05, 3.63) is 59.8 Å². The highest BCUT2D eigenvalue weighted by Crippen LogP contribution is 2.33. The van der Waals surface area contributed by atoms with Gasteiger partial charge < -0.3 is 19.0 Å². The van der Waals surface area contributed by atoms with E-state index in [1.165, 1.54) is 6.33 Å². The first kappa shape index (κ1) is 13.9. The zero-order valence-electron chi connectivity index (χ0n) is 12.3. The molecule has 1 N–H and O–H groups in total. The number of aromatic nitrogens is 5. The molecule has 0 radical (unpaired) electrons. The molecule has 0 saturated heterocycles. The lowest BCUT2D eigenvalue weighted by Crippen LogP contribution is -1.98. The van der Waals surface area contributed by atoms with Crippen LogP contribution < -0.4 is 4.74 Å². The minimum absolute atomic E-state index is 0.122. The Bertz CT molecular complexity index is 1030. The summed E-state index contributed by atoms with van der Waals surface area (Å²) in [6, 6.07) is 9.65. The second kappa shape index (κ2) is 5.81. The van der Waals surface area contributed by atoms with Gasteiger partial charge in [-0.15, -0.1) is 0 Å². The van der Waals surface area contributed by atoms with Crippen LogP contribution in [0, 0.1) is 6.57 Å². The largest absolute Gasteiger partial charge is 0.475 e. The Kier molecular flexibility index (Phi) is 3.37. The van der Waals surface area contributed by atoms with E-state index in [1.54, 1.807) is 6.20 Å². The van der Waals surface area contributed by atoms with Crippen LogP contribution in [0.1, 0.15) is 5.56 Å². The molecule has 0 aliphatic rings. The van der Waals surface area contributed by atoms with Gasteiger partial charge in [-0.3, -0.25) is 0 Å². The monoisotopic (exact) mass is 318 g/mol. The molecule has 0 spiro atoms. The number of rotatable bonds is 4. The van der Waals surface area contributed by atoms with E-state index in [-0.39, 0.29) is 11.9 Å². The third-order valence-electron chi connectivity index (χ3n) is 3.39. The van der Waals surface area contributed by atoms with Crippen molar-refractivity contribution < 1.29 is 9.15 Å². The molecule has 0 aliphatic heterocycles. The molecule has 0 aliphatic carbocycles. The molecule has 0 bridgehead atoms. The predicted molar refractivity (Wildman–Crippen MR) is 84.2 cm³/mol. The Labute approximate surface area is 136 Å². The summed E-state index contributed by atoms with van der Waals surface area (Å²) >= 11 is 0. The first-order valence-corrected chi connectivity index (χ1v) is 7.05. The van der Waals surface area contributed by atoms with Crippen LogP contribution in [0.4, 0.5) is 6.01 Å². The van der Waals surface area contributed by atoms with E-state index in [4.69, 9.17) is 15.7 Å². The zero-order chi connectivity index (χ0) is 16.4. The Hall–Kier alpha value is -3.73. The third-order valence-corrected chi connectivity index (χ3v) is 3.39. The molecular weight excluding hydrogens is 308 g/mol. The van der Waals surface area contributed by atoms with Crippen molar-refractivity contribution in [2.45, 2.75) is 6.61 Å². The Morgan fingerprint density at radius 2 is 2.04 bits per heavy atom. The van der Waals surface area contributed by atoms with Crippen molar-refractivity contribution in [3.63, 3.8) is 0 Å². The molecule has 0 saturated carbocycles. The third kappa shape index (κ3) is 2.44. The van der Waals surface area contributed by atoms with E-state index in [1.807, 2.05) is 30.3 Å². The molecule has 116 valence electrons. The van der Waals surface area contributed by atoms with Crippen molar-refractivity contribution in [3.8, 4) is 17.3 Å². The number of nitrogens with zero attached hydrogens (tertiary/aromatic N) is 5. The van der Waals surface area contributed by atoms with E-state index < -0.39 is 0 Å². The van der Waals surface area contributed by atoms with Gasteiger partial charge >= 0.3 is 6.01 Å². The van der Waals surface area contributed by atoms with E-state index >= 15 is 0 Å². The van der Waals surface area contributed by atoms with E-state index in [9.17, 15) is 0 Å². The topological polar surface area (TPSA) is 94.1 Å². The first-order valence-electron chi connectivity index (χ1n) is 7.05. The molecule has 24 heavy (non-hydrogen) atoms. The lowest BCUT2D eigenvalue weighted by molar-refractivity contribution is 0.297. The summed E-state index contributed by atoms with van der Waals surface area (Å²) < 4.78 is 11.1. The first-order chi connectivity index (χ1) is 11.8. The standard InChI is InChI=1S/C16H10N6O2/c1-17-16-22-21-14(24-16)11-7-18-13-12(11)15(20-9-19-13)23-8-10-5-3-2-4-6-10/h2-7,9H,8H2,(H,18,19,20). The summed E-state index contributed by atoms with van der Waals surface area (Å²) in [5.74, 6) is 0.620. The Morgan fingerprint density at radius 1 is 1.17 bits per heavy atom. The summed E-state index contributed by atoms with van der Waals surface area (Å²) in [7, 11) is 0. The summed E-state index contributed by atoms with van der Waals surface area (Å²) in [6.07, 6.45) is 3.09. The highest BCUT2D eigenvalue weighted by Gasteiger charge is 2.19. The maximum Gasteiger partial charge on any atom is 0.475 e. The van der Waals surface area contributed by atoms with Crippen LogP contribution in [-0.2, 0) is 6.61 Å². The van der Waals surface area contributed by atoms with E-state index in [2.05, 4.69) is 30.0 Å². The van der Waals surface area contributed by atoms with Crippen LogP contribution in [0.15, 0.2) is 47.3 Å². The van der Waals surface area contributed by atoms with Crippen molar-refractivity contribution in [1.29, 1.82) is 0 Å². The van der Waals surface area contributed by atoms with Gasteiger partial charge in [-0.25, -0.2) is 9.97 Å². The lowest BCUT2D eigenvalue weighted by Gasteiger charge is -2.06. The second-order valence-electron chi connectivity index (χ2n) is 4.88. The number of hydrogen-bond acceptors (Lipinski definition) is 6. The minimum atomic E-state index is -0.122. The number of H-pyrrole nitrogens is 1. The SMILES string of the molecule is [C-]#[N+]c1nnc(-c2c[nH]c3ncnc(OCc4ccccc4)c23)o1. The predicted octanol–water partition coefficient (Wildman–Crippen LogP) is 3.14. The zero-order valence-corrected chi connectivity index (χ0v) is 12.3. The highest BCUT2D eigenvalue weighted by atomic mass is 16.5. The Morgan fingerprint density at radius 3 is 2.83 bits per heavy atom. The lowest BCUT2D eigenvalue weighted by atomic mass is 10.2. The van der Waals surface area contributed by atoms with Crippen LogP contribution in [0.3, 0.4) is 0 Å². The maximum absolute atomic E-state index is 6.92. The van der Waals surface area contributed by atoms with E-state index in [0.29, 0.717) is 29.1 Å². The van der Waals surface area contributed by atoms with Gasteiger partial charge in [-0.2, -0.15) is 0 Å². The fraction of sp³-hybridized carbons (Fsp3) is 0.0625. The quantitative estimate of drug-likeness (QED) is 0.581. The molecule has 0 unspecified atom stereocenters. The number of hydrogen-bond donors (Lipinski definition) is 1. The molecular formula is C16H10N6O2. The maximum atomic E-state index is 6.92. The Balaban J connectivity index is 1.73. The highest BCUT2D eigenvalue weighted by molar-refractivity contribution is 5.94. The molecule has 8 nitrogen and oxygen atoms in total. The number of aromatic amines is 1. The van der Waals surface area contributed by atoms with Crippen LogP contribution >= 0.6 is 0 Å². The fourth-order valence-electron chi connectivity index (χ4n) is 2.31. The molecule has 4 rings (SSSR count). The average Bonchev–Trinajstić information content (AvgIpc) is 3.27. The average molecular weight is 318 g/mol. The van der Waals surface area contributed by atoms with Crippen molar-refractivity contribution in [2.24, 2.45) is 0 Å². The molecule has 4 aromatic rings. The number of nitrogens with one attached hydrogen (secondary N) is 1. The molecule has 0 fully saturated rings. The van der Waals surface area contributed by atoms with Gasteiger partial charge in [0.05, 0.1) is 10.9 Å². The number of benzene rings is 1. The van der Waals surface area contributed by atoms with Gasteiger partial charge in [0, 0.05) is 11.3 Å². The summed E-state index contributed by atoms with van der Waals surface area (Å²) in [5, 5.41) is 8.16. The fourth-order valence-corrected chi connectivity index (χ4v) is 2.31. The van der Waals surface area contributed by atoms with Crippen LogP contribution in [0.25, 0.3) is 27.3 Å². The van der Waals surface area contributed by atoms with Crippen molar-refractivity contribution in [2.75, 3.05) is 0 Å². The van der Waals surface area contributed by atoms with E-state index in [0.717, 1.165) is 5.56 Å². The van der Waals surface area contributed by atoms with Crippen LogP contribution in [-0.4, -0.2) is 25.1 Å². The normalized spacial score (nSPS) is 10.6. The van der Waals surface area contributed by atoms with Crippen LogP contribution in [0.5, 0.6) is 5.88 Å². The van der Waals surface area contributed by atoms with Gasteiger partial charge in [0.1, 0.15) is 18.6 Å². The second-order valence-corrected chi connectivity index (χ2v) is 4.88. The molecule has 3 heterocycles. The molecule has 3 aromatic heterocycles. The number of fused-ring (bicyclic) bond motifs is 1. The van der Waals surface area contributed by atoms with Gasteiger partial charge in [0.2, 0.25) is 5.88 Å². The molecule has 8 heteroatoms. The minimum Gasteiger partial charge on any atom is -0.472 e. The smallest absolute Gasteiger partial charge is 0.472 e. The molecule has 0 amide bonds. The van der Waals surface area contributed by atoms with Crippen molar-refractivity contribution in [1.82, 2.24) is 25.1 Å². The van der Waals surface area contributed by atoms with Gasteiger partial charge in [-0.05, 0) is 10.7 Å². The van der Waals surface area contributed by atoms with Gasteiger partial charge in [0.15, 0.2) is 0 Å². The van der Waals surface area contributed by atoms with Crippen LogP contribution in [0.2, 0.25) is 0 Å². The molecule has 0 atom stereocenters.